The molecule has 21 heavy (non-hydrogen) atoms. The van der Waals surface area contributed by atoms with Crippen molar-refractivity contribution in [3.05, 3.63) is 24.4 Å². The van der Waals surface area contributed by atoms with E-state index in [2.05, 4.69) is 41.2 Å². The summed E-state index contributed by atoms with van der Waals surface area (Å²) in [4.78, 5) is 17.1. The Labute approximate surface area is 133 Å². The van der Waals surface area contributed by atoms with Crippen molar-refractivity contribution in [1.29, 1.82) is 0 Å². The SMILES string of the molecule is [2H]C([2H])([2H])Oc1ncnc(C2CC2)c1-c1ncc2c(cnn2Br)n1. The van der Waals surface area contributed by atoms with Gasteiger partial charge >= 0.3 is 0 Å². The lowest BCUT2D eigenvalue weighted by Crippen LogP contribution is -2.02. The zero-order valence-electron chi connectivity index (χ0n) is 13.7. The fourth-order valence-corrected chi connectivity index (χ4v) is 2.61. The van der Waals surface area contributed by atoms with Gasteiger partial charge in [-0.3, -0.25) is 0 Å². The molecule has 4 rings (SSSR count). The second-order valence-electron chi connectivity index (χ2n) is 4.78. The second kappa shape index (κ2) is 4.73. The summed E-state index contributed by atoms with van der Waals surface area (Å²) in [6, 6.07) is 0. The molecule has 3 aromatic heterocycles. The first-order chi connectivity index (χ1) is 11.4. The average Bonchev–Trinajstić information content (AvgIpc) is 3.30. The first-order valence-electron chi connectivity index (χ1n) is 7.83. The summed E-state index contributed by atoms with van der Waals surface area (Å²) in [5.41, 5.74) is 2.46. The molecular formula is C13H11BrN6O. The van der Waals surface area contributed by atoms with Crippen molar-refractivity contribution < 1.29 is 8.85 Å². The van der Waals surface area contributed by atoms with E-state index in [0.717, 1.165) is 18.5 Å². The van der Waals surface area contributed by atoms with Crippen LogP contribution in [0.4, 0.5) is 0 Å². The number of nitrogens with zero attached hydrogens (tertiary/aromatic N) is 6. The summed E-state index contributed by atoms with van der Waals surface area (Å²) in [6.45, 7) is 0. The van der Waals surface area contributed by atoms with Crippen molar-refractivity contribution in [2.45, 2.75) is 18.8 Å². The smallest absolute Gasteiger partial charge is 0.227 e. The van der Waals surface area contributed by atoms with Crippen LogP contribution in [0.25, 0.3) is 22.4 Å². The second-order valence-corrected chi connectivity index (χ2v) is 5.46. The van der Waals surface area contributed by atoms with Crippen LogP contribution in [0, 0.1) is 0 Å². The fraction of sp³-hybridized carbons (Fsp3) is 0.308. The van der Waals surface area contributed by atoms with Gasteiger partial charge in [-0.05, 0) is 12.8 Å². The lowest BCUT2D eigenvalue weighted by atomic mass is 10.1. The van der Waals surface area contributed by atoms with E-state index in [9.17, 15) is 0 Å². The molecule has 0 N–H and O–H groups in total. The molecule has 0 amide bonds. The van der Waals surface area contributed by atoms with E-state index in [0.29, 0.717) is 22.4 Å². The molecule has 0 aliphatic heterocycles. The number of rotatable bonds is 3. The van der Waals surface area contributed by atoms with E-state index in [-0.39, 0.29) is 11.8 Å². The molecule has 0 unspecified atom stereocenters. The van der Waals surface area contributed by atoms with Crippen LogP contribution in [0.5, 0.6) is 5.88 Å². The van der Waals surface area contributed by atoms with Gasteiger partial charge < -0.3 is 4.74 Å². The highest BCUT2D eigenvalue weighted by atomic mass is 79.9. The van der Waals surface area contributed by atoms with Gasteiger partial charge in [-0.15, -0.1) is 0 Å². The van der Waals surface area contributed by atoms with Gasteiger partial charge in [0.2, 0.25) is 5.88 Å². The quantitative estimate of drug-likeness (QED) is 0.721. The minimum Gasteiger partial charge on any atom is -0.480 e. The lowest BCUT2D eigenvalue weighted by molar-refractivity contribution is 0.397. The van der Waals surface area contributed by atoms with Gasteiger partial charge in [0.1, 0.15) is 22.9 Å². The number of halogens is 1. The molecule has 1 aliphatic carbocycles. The third-order valence-electron chi connectivity index (χ3n) is 3.40. The summed E-state index contributed by atoms with van der Waals surface area (Å²) >= 11 is 3.25. The molecule has 0 saturated heterocycles. The monoisotopic (exact) mass is 349 g/mol. The van der Waals surface area contributed by atoms with Gasteiger partial charge in [0.15, 0.2) is 5.82 Å². The summed E-state index contributed by atoms with van der Waals surface area (Å²) in [5, 5.41) is 4.06. The Kier molecular flexibility index (Phi) is 2.20. The van der Waals surface area contributed by atoms with Crippen LogP contribution in [-0.2, 0) is 0 Å². The molecule has 0 atom stereocenters. The van der Waals surface area contributed by atoms with E-state index in [4.69, 9.17) is 8.85 Å². The molecular weight excluding hydrogens is 336 g/mol. The molecule has 106 valence electrons. The van der Waals surface area contributed by atoms with Crippen LogP contribution in [-0.4, -0.2) is 35.8 Å². The summed E-state index contributed by atoms with van der Waals surface area (Å²) in [5.74, 6) is 0.544. The third kappa shape index (κ3) is 2.06. The van der Waals surface area contributed by atoms with Crippen molar-refractivity contribution in [2.75, 3.05) is 7.04 Å². The normalized spacial score (nSPS) is 17.3. The molecule has 1 aliphatic rings. The number of methoxy groups -OCH3 is 1. The Bertz CT molecular complexity index is 924. The van der Waals surface area contributed by atoms with Gasteiger partial charge in [0, 0.05) is 5.92 Å². The summed E-state index contributed by atoms with van der Waals surface area (Å²) in [6.07, 6.45) is 6.47. The maximum absolute atomic E-state index is 7.35. The van der Waals surface area contributed by atoms with E-state index in [1.807, 2.05) is 0 Å². The Morgan fingerprint density at radius 3 is 3.05 bits per heavy atom. The topological polar surface area (TPSA) is 78.6 Å². The van der Waals surface area contributed by atoms with Crippen LogP contribution in [0.1, 0.15) is 28.6 Å². The van der Waals surface area contributed by atoms with Crippen LogP contribution in [0.15, 0.2) is 18.7 Å². The first kappa shape index (κ1) is 9.78. The number of aromatic nitrogens is 6. The molecule has 3 aromatic rings. The molecule has 7 nitrogen and oxygen atoms in total. The van der Waals surface area contributed by atoms with Gasteiger partial charge in [0.05, 0.1) is 45.4 Å². The molecule has 8 heteroatoms. The number of fused-ring (bicyclic) bond motifs is 1. The Balaban J connectivity index is 1.90. The highest BCUT2D eigenvalue weighted by Gasteiger charge is 2.31. The Hall–Kier alpha value is -2.09. The minimum atomic E-state index is -2.62. The third-order valence-corrected chi connectivity index (χ3v) is 3.97. The highest BCUT2D eigenvalue weighted by molar-refractivity contribution is 9.08. The maximum Gasteiger partial charge on any atom is 0.227 e. The van der Waals surface area contributed by atoms with Gasteiger partial charge in [-0.2, -0.15) is 8.81 Å². The molecule has 3 heterocycles. The van der Waals surface area contributed by atoms with Gasteiger partial charge in [-0.1, -0.05) is 0 Å². The molecule has 1 fully saturated rings. The predicted octanol–water partition coefficient (Wildman–Crippen LogP) is 2.33. The number of hydrogen-bond acceptors (Lipinski definition) is 6. The van der Waals surface area contributed by atoms with Crippen molar-refractivity contribution in [1.82, 2.24) is 28.7 Å². The minimum absolute atomic E-state index is 0.0301. The van der Waals surface area contributed by atoms with Crippen molar-refractivity contribution in [3.63, 3.8) is 0 Å². The lowest BCUT2D eigenvalue weighted by Gasteiger charge is -2.10. The van der Waals surface area contributed by atoms with E-state index < -0.39 is 7.04 Å². The zero-order valence-corrected chi connectivity index (χ0v) is 12.3. The molecule has 0 radical (unpaired) electrons. The van der Waals surface area contributed by atoms with E-state index in [1.165, 1.54) is 10.0 Å². The van der Waals surface area contributed by atoms with Gasteiger partial charge in [-0.25, -0.2) is 19.9 Å². The van der Waals surface area contributed by atoms with Crippen LogP contribution in [0.2, 0.25) is 0 Å². The average molecular weight is 350 g/mol. The standard InChI is InChI=1S/C13H11BrN6O/c1-21-13-10(11(7-2-3-7)16-6-17-13)12-15-5-9-8(19-12)4-18-20(9)14/h4-7H,2-3H2,1H3/i1D3. The van der Waals surface area contributed by atoms with E-state index in [1.54, 1.807) is 12.4 Å². The van der Waals surface area contributed by atoms with E-state index >= 15 is 0 Å². The van der Waals surface area contributed by atoms with Gasteiger partial charge in [0.25, 0.3) is 0 Å². The zero-order chi connectivity index (χ0) is 16.9. The molecule has 0 spiro atoms. The first-order valence-corrected chi connectivity index (χ1v) is 7.04. The van der Waals surface area contributed by atoms with Crippen molar-refractivity contribution >= 4 is 27.2 Å². The summed E-state index contributed by atoms with van der Waals surface area (Å²) < 4.78 is 28.6. The largest absolute Gasteiger partial charge is 0.480 e. The fourth-order valence-electron chi connectivity index (χ4n) is 2.25. The van der Waals surface area contributed by atoms with Crippen LogP contribution in [0.3, 0.4) is 0 Å². The number of hydrogen-bond donors (Lipinski definition) is 0. The molecule has 0 aromatic carbocycles. The Morgan fingerprint density at radius 2 is 2.24 bits per heavy atom. The highest BCUT2D eigenvalue weighted by Crippen LogP contribution is 2.44. The van der Waals surface area contributed by atoms with Crippen LogP contribution < -0.4 is 4.74 Å². The molecule has 1 saturated carbocycles. The van der Waals surface area contributed by atoms with Crippen LogP contribution >= 0.6 is 16.1 Å². The molecule has 0 bridgehead atoms. The number of ether oxygens (including phenoxy) is 1. The summed E-state index contributed by atoms with van der Waals surface area (Å²) in [7, 11) is -2.62. The van der Waals surface area contributed by atoms with Crippen molar-refractivity contribution in [3.8, 4) is 17.3 Å². The van der Waals surface area contributed by atoms with Crippen molar-refractivity contribution in [2.24, 2.45) is 0 Å². The maximum atomic E-state index is 7.35. The Morgan fingerprint density at radius 1 is 1.33 bits per heavy atom. The predicted molar refractivity (Wildman–Crippen MR) is 79.2 cm³/mol.